The van der Waals surface area contributed by atoms with Gasteiger partial charge in [0.25, 0.3) is 0 Å². The summed E-state index contributed by atoms with van der Waals surface area (Å²) in [4.78, 5) is 16.1. The van der Waals surface area contributed by atoms with Crippen molar-refractivity contribution < 1.29 is 8.42 Å². The van der Waals surface area contributed by atoms with Crippen LogP contribution in [-0.2, 0) is 9.84 Å². The minimum atomic E-state index is -2.95. The quantitative estimate of drug-likeness (QED) is 0.525. The van der Waals surface area contributed by atoms with Gasteiger partial charge in [-0.15, -0.1) is 0 Å². The molecule has 20 heavy (non-hydrogen) atoms. The van der Waals surface area contributed by atoms with Gasteiger partial charge in [-0.1, -0.05) is 0 Å². The third-order valence-corrected chi connectivity index (χ3v) is 4.96. The van der Waals surface area contributed by atoms with Gasteiger partial charge in [0, 0.05) is 27.2 Å². The van der Waals surface area contributed by atoms with Crippen molar-refractivity contribution in [2.75, 3.05) is 47.9 Å². The summed E-state index contributed by atoms with van der Waals surface area (Å²) in [6.07, 6.45) is 0.577. The second-order valence-electron chi connectivity index (χ2n) is 4.97. The standard InChI is InChI=1S/C10H19N7O2S/c1-16(2)9-12-8(15-11)13-10(14-9)17(3)7-4-5-20(18,19)6-7/h7H,4-6,11H2,1-3H3,(H,12,13,14,15). The first kappa shape index (κ1) is 14.7. The molecule has 1 aromatic heterocycles. The number of aromatic nitrogens is 3. The maximum Gasteiger partial charge on any atom is 0.243 e. The van der Waals surface area contributed by atoms with Crippen molar-refractivity contribution in [1.29, 1.82) is 0 Å². The molecule has 1 aliphatic heterocycles. The number of hydrazine groups is 1. The van der Waals surface area contributed by atoms with Crippen LogP contribution in [0.4, 0.5) is 17.8 Å². The number of hydrogen-bond donors (Lipinski definition) is 2. The Morgan fingerprint density at radius 3 is 2.35 bits per heavy atom. The number of rotatable bonds is 4. The lowest BCUT2D eigenvalue weighted by atomic mass is 10.2. The molecule has 0 aliphatic carbocycles. The number of anilines is 3. The van der Waals surface area contributed by atoms with Crippen molar-refractivity contribution in [2.45, 2.75) is 12.5 Å². The Morgan fingerprint density at radius 1 is 1.20 bits per heavy atom. The highest BCUT2D eigenvalue weighted by atomic mass is 32.2. The fraction of sp³-hybridized carbons (Fsp3) is 0.700. The Balaban J connectivity index is 2.29. The van der Waals surface area contributed by atoms with E-state index < -0.39 is 9.84 Å². The summed E-state index contributed by atoms with van der Waals surface area (Å²) in [7, 11) is 2.43. The van der Waals surface area contributed by atoms with Gasteiger partial charge >= 0.3 is 0 Å². The van der Waals surface area contributed by atoms with Crippen LogP contribution in [0.15, 0.2) is 0 Å². The summed E-state index contributed by atoms with van der Waals surface area (Å²) in [5, 5.41) is 0. The summed E-state index contributed by atoms with van der Waals surface area (Å²) < 4.78 is 23.1. The lowest BCUT2D eigenvalue weighted by Crippen LogP contribution is -2.34. The van der Waals surface area contributed by atoms with E-state index in [2.05, 4.69) is 20.4 Å². The number of nitrogen functional groups attached to an aromatic ring is 1. The first-order valence-corrected chi connectivity index (χ1v) is 7.98. The summed E-state index contributed by atoms with van der Waals surface area (Å²) in [5.74, 6) is 6.77. The fourth-order valence-electron chi connectivity index (χ4n) is 2.02. The zero-order valence-corrected chi connectivity index (χ0v) is 12.6. The van der Waals surface area contributed by atoms with Gasteiger partial charge in [-0.2, -0.15) is 15.0 Å². The minimum Gasteiger partial charge on any atom is -0.347 e. The molecule has 1 saturated heterocycles. The van der Waals surface area contributed by atoms with Crippen LogP contribution in [0, 0.1) is 0 Å². The van der Waals surface area contributed by atoms with E-state index in [9.17, 15) is 8.42 Å². The third-order valence-electron chi connectivity index (χ3n) is 3.21. The predicted octanol–water partition coefficient (Wildman–Crippen LogP) is -1.15. The fourth-order valence-corrected chi connectivity index (χ4v) is 3.79. The van der Waals surface area contributed by atoms with E-state index >= 15 is 0 Å². The van der Waals surface area contributed by atoms with Gasteiger partial charge in [0.2, 0.25) is 17.8 Å². The molecule has 3 N–H and O–H groups in total. The lowest BCUT2D eigenvalue weighted by Gasteiger charge is -2.24. The first-order chi connectivity index (χ1) is 9.32. The number of nitrogens with one attached hydrogen (secondary N) is 1. The highest BCUT2D eigenvalue weighted by molar-refractivity contribution is 7.91. The van der Waals surface area contributed by atoms with E-state index in [1.165, 1.54) is 0 Å². The van der Waals surface area contributed by atoms with Gasteiger partial charge in [-0.25, -0.2) is 14.3 Å². The zero-order chi connectivity index (χ0) is 14.9. The molecule has 0 amide bonds. The number of nitrogens with zero attached hydrogens (tertiary/aromatic N) is 5. The number of hydrogen-bond acceptors (Lipinski definition) is 9. The van der Waals surface area contributed by atoms with Gasteiger partial charge in [-0.05, 0) is 6.42 Å². The van der Waals surface area contributed by atoms with Crippen LogP contribution in [0.5, 0.6) is 0 Å². The summed E-state index contributed by atoms with van der Waals surface area (Å²) in [6.45, 7) is 0. The van der Waals surface area contributed by atoms with E-state index in [1.807, 2.05) is 0 Å². The van der Waals surface area contributed by atoms with Crippen molar-refractivity contribution >= 4 is 27.7 Å². The zero-order valence-electron chi connectivity index (χ0n) is 11.7. The molecule has 1 aromatic rings. The second kappa shape index (κ2) is 5.37. The Labute approximate surface area is 118 Å². The van der Waals surface area contributed by atoms with Crippen LogP contribution in [0.1, 0.15) is 6.42 Å². The molecule has 0 aromatic carbocycles. The highest BCUT2D eigenvalue weighted by Gasteiger charge is 2.32. The molecule has 1 aliphatic rings. The van der Waals surface area contributed by atoms with Crippen LogP contribution >= 0.6 is 0 Å². The topological polar surface area (TPSA) is 117 Å². The van der Waals surface area contributed by atoms with Crippen LogP contribution in [-0.4, -0.2) is 62.1 Å². The van der Waals surface area contributed by atoms with Crippen molar-refractivity contribution in [2.24, 2.45) is 5.84 Å². The van der Waals surface area contributed by atoms with Gasteiger partial charge in [0.15, 0.2) is 9.84 Å². The molecule has 0 radical (unpaired) electrons. The number of sulfone groups is 1. The van der Waals surface area contributed by atoms with E-state index in [1.54, 1.807) is 30.9 Å². The molecule has 0 saturated carbocycles. The molecule has 2 heterocycles. The summed E-state index contributed by atoms with van der Waals surface area (Å²) in [6, 6.07) is -0.122. The van der Waals surface area contributed by atoms with Crippen LogP contribution in [0.2, 0.25) is 0 Å². The molecular formula is C10H19N7O2S. The van der Waals surface area contributed by atoms with Crippen molar-refractivity contribution in [3.05, 3.63) is 0 Å². The number of nitrogens with two attached hydrogens (primary N) is 1. The Bertz CT molecular complexity index is 589. The van der Waals surface area contributed by atoms with E-state index in [4.69, 9.17) is 5.84 Å². The van der Waals surface area contributed by atoms with Crippen LogP contribution < -0.4 is 21.1 Å². The molecule has 112 valence electrons. The summed E-state index contributed by atoms with van der Waals surface area (Å²) in [5.41, 5.74) is 2.39. The van der Waals surface area contributed by atoms with Crippen molar-refractivity contribution in [3.8, 4) is 0 Å². The maximum atomic E-state index is 11.6. The minimum absolute atomic E-state index is 0.122. The third kappa shape index (κ3) is 3.07. The van der Waals surface area contributed by atoms with E-state index in [0.717, 1.165) is 0 Å². The van der Waals surface area contributed by atoms with E-state index in [-0.39, 0.29) is 23.5 Å². The molecular weight excluding hydrogens is 282 g/mol. The molecule has 2 rings (SSSR count). The molecule has 0 bridgehead atoms. The first-order valence-electron chi connectivity index (χ1n) is 6.15. The van der Waals surface area contributed by atoms with Crippen LogP contribution in [0.25, 0.3) is 0 Å². The largest absolute Gasteiger partial charge is 0.347 e. The highest BCUT2D eigenvalue weighted by Crippen LogP contribution is 2.22. The normalized spacial score (nSPS) is 20.7. The predicted molar refractivity (Wildman–Crippen MR) is 77.4 cm³/mol. The monoisotopic (exact) mass is 301 g/mol. The van der Waals surface area contributed by atoms with Crippen molar-refractivity contribution in [3.63, 3.8) is 0 Å². The average molecular weight is 301 g/mol. The molecule has 1 atom stereocenters. The molecule has 1 fully saturated rings. The molecule has 0 spiro atoms. The Morgan fingerprint density at radius 2 is 1.85 bits per heavy atom. The van der Waals surface area contributed by atoms with Gasteiger partial charge in [0.05, 0.1) is 11.5 Å². The van der Waals surface area contributed by atoms with Crippen molar-refractivity contribution in [1.82, 2.24) is 15.0 Å². The average Bonchev–Trinajstić information content (AvgIpc) is 2.77. The second-order valence-corrected chi connectivity index (χ2v) is 7.19. The van der Waals surface area contributed by atoms with Gasteiger partial charge in [-0.3, -0.25) is 5.43 Å². The molecule has 1 unspecified atom stereocenters. The van der Waals surface area contributed by atoms with Gasteiger partial charge < -0.3 is 9.80 Å². The van der Waals surface area contributed by atoms with E-state index in [0.29, 0.717) is 18.3 Å². The Hall–Kier alpha value is -1.68. The molecule has 10 heteroatoms. The Kier molecular flexibility index (Phi) is 3.95. The lowest BCUT2D eigenvalue weighted by molar-refractivity contribution is 0.600. The summed E-state index contributed by atoms with van der Waals surface area (Å²) >= 11 is 0. The van der Waals surface area contributed by atoms with Crippen LogP contribution in [0.3, 0.4) is 0 Å². The molecule has 9 nitrogen and oxygen atoms in total. The smallest absolute Gasteiger partial charge is 0.243 e. The van der Waals surface area contributed by atoms with Gasteiger partial charge in [0.1, 0.15) is 0 Å². The SMILES string of the molecule is CN(C)c1nc(NN)nc(N(C)C2CCS(=O)(=O)C2)n1. The maximum absolute atomic E-state index is 11.6.